The van der Waals surface area contributed by atoms with Gasteiger partial charge in [0.25, 0.3) is 0 Å². The van der Waals surface area contributed by atoms with Crippen molar-refractivity contribution in [3.05, 3.63) is 0 Å². The Hall–Kier alpha value is -0.120. The molecule has 2 heterocycles. The molecule has 0 aromatic carbocycles. The summed E-state index contributed by atoms with van der Waals surface area (Å²) in [4.78, 5) is 5.30. The monoisotopic (exact) mass is 253 g/mol. The standard InChI is InChI=1S/C15H31N3/c1-3-17-11-7-15(13-16,8-12-17)18-9-4-5-14(2)6-10-18/h14H,3-13,16H2,1-2H3. The summed E-state index contributed by atoms with van der Waals surface area (Å²) >= 11 is 0. The number of rotatable bonds is 3. The Morgan fingerprint density at radius 2 is 1.83 bits per heavy atom. The third-order valence-electron chi connectivity index (χ3n) is 5.30. The van der Waals surface area contributed by atoms with Gasteiger partial charge in [0.1, 0.15) is 0 Å². The SMILES string of the molecule is CCN1CCC(CN)(N2CCCC(C)CC2)CC1. The van der Waals surface area contributed by atoms with E-state index in [4.69, 9.17) is 5.73 Å². The van der Waals surface area contributed by atoms with Gasteiger partial charge in [0.2, 0.25) is 0 Å². The van der Waals surface area contributed by atoms with Gasteiger partial charge in [-0.3, -0.25) is 4.90 Å². The largest absolute Gasteiger partial charge is 0.329 e. The van der Waals surface area contributed by atoms with Crippen molar-refractivity contribution in [2.75, 3.05) is 39.3 Å². The van der Waals surface area contributed by atoms with E-state index in [0.717, 1.165) is 12.5 Å². The second kappa shape index (κ2) is 6.36. The molecule has 2 N–H and O–H groups in total. The first-order chi connectivity index (χ1) is 8.70. The molecule has 2 rings (SSSR count). The summed E-state index contributed by atoms with van der Waals surface area (Å²) in [6.07, 6.45) is 6.66. The van der Waals surface area contributed by atoms with Gasteiger partial charge in [-0.15, -0.1) is 0 Å². The summed E-state index contributed by atoms with van der Waals surface area (Å²) in [5.74, 6) is 0.903. The first-order valence-electron chi connectivity index (χ1n) is 7.87. The van der Waals surface area contributed by atoms with Gasteiger partial charge in [-0.1, -0.05) is 13.8 Å². The van der Waals surface area contributed by atoms with E-state index in [9.17, 15) is 0 Å². The molecular formula is C15H31N3. The van der Waals surface area contributed by atoms with Crippen LogP contribution in [0.25, 0.3) is 0 Å². The van der Waals surface area contributed by atoms with E-state index in [1.165, 1.54) is 64.8 Å². The summed E-state index contributed by atoms with van der Waals surface area (Å²) in [5, 5.41) is 0. The van der Waals surface area contributed by atoms with Crippen LogP contribution in [0.3, 0.4) is 0 Å². The first kappa shape index (κ1) is 14.3. The van der Waals surface area contributed by atoms with Gasteiger partial charge in [-0.05, 0) is 70.7 Å². The van der Waals surface area contributed by atoms with E-state index < -0.39 is 0 Å². The molecule has 2 fully saturated rings. The molecule has 0 saturated carbocycles. The Morgan fingerprint density at radius 1 is 1.11 bits per heavy atom. The Balaban J connectivity index is 1.98. The molecule has 2 aliphatic heterocycles. The van der Waals surface area contributed by atoms with Crippen LogP contribution in [0.2, 0.25) is 0 Å². The predicted molar refractivity (Wildman–Crippen MR) is 77.7 cm³/mol. The molecule has 0 spiro atoms. The van der Waals surface area contributed by atoms with Crippen LogP contribution in [-0.2, 0) is 0 Å². The van der Waals surface area contributed by atoms with Gasteiger partial charge in [-0.25, -0.2) is 0 Å². The van der Waals surface area contributed by atoms with E-state index in [0.29, 0.717) is 5.54 Å². The molecule has 0 aromatic heterocycles. The highest BCUT2D eigenvalue weighted by Gasteiger charge is 2.38. The third kappa shape index (κ3) is 3.06. The first-order valence-corrected chi connectivity index (χ1v) is 7.87. The Kier molecular flexibility index (Phi) is 5.05. The molecule has 0 aliphatic carbocycles. The van der Waals surface area contributed by atoms with Gasteiger partial charge in [0.05, 0.1) is 0 Å². The Bertz CT molecular complexity index is 246. The highest BCUT2D eigenvalue weighted by Crippen LogP contribution is 2.31. The molecule has 3 heteroatoms. The smallest absolute Gasteiger partial charge is 0.0356 e. The van der Waals surface area contributed by atoms with Gasteiger partial charge in [0, 0.05) is 12.1 Å². The van der Waals surface area contributed by atoms with Gasteiger partial charge in [-0.2, -0.15) is 0 Å². The lowest BCUT2D eigenvalue weighted by Crippen LogP contribution is -2.59. The van der Waals surface area contributed by atoms with Crippen molar-refractivity contribution in [2.24, 2.45) is 11.7 Å². The van der Waals surface area contributed by atoms with E-state index in [1.54, 1.807) is 0 Å². The number of hydrogen-bond donors (Lipinski definition) is 1. The molecule has 0 radical (unpaired) electrons. The number of likely N-dealkylation sites (tertiary alicyclic amines) is 2. The van der Waals surface area contributed by atoms with Crippen LogP contribution in [0.15, 0.2) is 0 Å². The normalized spacial score (nSPS) is 31.2. The molecule has 3 nitrogen and oxygen atoms in total. The van der Waals surface area contributed by atoms with Gasteiger partial charge < -0.3 is 10.6 Å². The van der Waals surface area contributed by atoms with Crippen molar-refractivity contribution in [3.63, 3.8) is 0 Å². The summed E-state index contributed by atoms with van der Waals surface area (Å²) < 4.78 is 0. The molecule has 0 amide bonds. The van der Waals surface area contributed by atoms with Crippen LogP contribution in [0.1, 0.15) is 46.0 Å². The van der Waals surface area contributed by atoms with Crippen molar-refractivity contribution in [1.82, 2.24) is 9.80 Å². The van der Waals surface area contributed by atoms with Crippen LogP contribution >= 0.6 is 0 Å². The van der Waals surface area contributed by atoms with E-state index >= 15 is 0 Å². The topological polar surface area (TPSA) is 32.5 Å². The minimum atomic E-state index is 0.315. The maximum Gasteiger partial charge on any atom is 0.0356 e. The second-order valence-electron chi connectivity index (χ2n) is 6.39. The number of nitrogens with two attached hydrogens (primary N) is 1. The minimum Gasteiger partial charge on any atom is -0.329 e. The molecule has 1 unspecified atom stereocenters. The summed E-state index contributed by atoms with van der Waals surface area (Å²) in [5.41, 5.74) is 6.50. The van der Waals surface area contributed by atoms with Gasteiger partial charge in [0.15, 0.2) is 0 Å². The zero-order chi connectivity index (χ0) is 13.0. The molecular weight excluding hydrogens is 222 g/mol. The van der Waals surface area contributed by atoms with Crippen LogP contribution in [0.4, 0.5) is 0 Å². The highest BCUT2D eigenvalue weighted by atomic mass is 15.2. The molecule has 106 valence electrons. The van der Waals surface area contributed by atoms with Crippen molar-refractivity contribution in [1.29, 1.82) is 0 Å². The molecule has 2 saturated heterocycles. The predicted octanol–water partition coefficient (Wildman–Crippen LogP) is 1.92. The summed E-state index contributed by atoms with van der Waals surface area (Å²) in [6, 6.07) is 0. The number of piperidine rings is 1. The lowest BCUT2D eigenvalue weighted by molar-refractivity contribution is 0.0299. The summed E-state index contributed by atoms with van der Waals surface area (Å²) in [6.45, 7) is 11.7. The average molecular weight is 253 g/mol. The lowest BCUT2D eigenvalue weighted by Gasteiger charge is -2.48. The molecule has 0 bridgehead atoms. The van der Waals surface area contributed by atoms with Crippen LogP contribution in [0, 0.1) is 5.92 Å². The lowest BCUT2D eigenvalue weighted by atomic mass is 9.85. The van der Waals surface area contributed by atoms with Crippen LogP contribution < -0.4 is 5.73 Å². The molecule has 18 heavy (non-hydrogen) atoms. The van der Waals surface area contributed by atoms with Gasteiger partial charge >= 0.3 is 0 Å². The minimum absolute atomic E-state index is 0.315. The van der Waals surface area contributed by atoms with Crippen LogP contribution in [0.5, 0.6) is 0 Å². The fourth-order valence-electron chi connectivity index (χ4n) is 3.67. The summed E-state index contributed by atoms with van der Waals surface area (Å²) in [7, 11) is 0. The van der Waals surface area contributed by atoms with E-state index in [-0.39, 0.29) is 0 Å². The Morgan fingerprint density at radius 3 is 2.44 bits per heavy atom. The van der Waals surface area contributed by atoms with Crippen molar-refractivity contribution >= 4 is 0 Å². The van der Waals surface area contributed by atoms with Crippen molar-refractivity contribution < 1.29 is 0 Å². The third-order valence-corrected chi connectivity index (χ3v) is 5.30. The molecule has 1 atom stereocenters. The molecule has 0 aromatic rings. The highest BCUT2D eigenvalue weighted by molar-refractivity contribution is 4.96. The number of hydrogen-bond acceptors (Lipinski definition) is 3. The fraction of sp³-hybridized carbons (Fsp3) is 1.00. The molecule has 2 aliphatic rings. The quantitative estimate of drug-likeness (QED) is 0.834. The van der Waals surface area contributed by atoms with E-state index in [2.05, 4.69) is 23.6 Å². The second-order valence-corrected chi connectivity index (χ2v) is 6.39. The van der Waals surface area contributed by atoms with Crippen LogP contribution in [-0.4, -0.2) is 54.6 Å². The van der Waals surface area contributed by atoms with E-state index in [1.807, 2.05) is 0 Å². The van der Waals surface area contributed by atoms with Crippen molar-refractivity contribution in [3.8, 4) is 0 Å². The fourth-order valence-corrected chi connectivity index (χ4v) is 3.67. The number of nitrogens with zero attached hydrogens (tertiary/aromatic N) is 2. The Labute approximate surface area is 113 Å². The van der Waals surface area contributed by atoms with Crippen molar-refractivity contribution in [2.45, 2.75) is 51.5 Å². The maximum absolute atomic E-state index is 6.18. The maximum atomic E-state index is 6.18. The average Bonchev–Trinajstić information content (AvgIpc) is 2.64. The zero-order valence-electron chi connectivity index (χ0n) is 12.3. The zero-order valence-corrected chi connectivity index (χ0v) is 12.3.